The normalized spacial score (nSPS) is 22.4. The molecule has 2 aromatic heterocycles. The van der Waals surface area contributed by atoms with Gasteiger partial charge in [0, 0.05) is 43.6 Å². The first-order valence-corrected chi connectivity index (χ1v) is 14.9. The average Bonchev–Trinajstić information content (AvgIpc) is 3.45. The third-order valence-electron chi connectivity index (χ3n) is 8.02. The Labute approximate surface area is 266 Å². The SMILES string of the molecule is COc1ccc2c(OCCC3NC(=O)N(C)CCCCC=CC4CC4(C(=O)O)NC3=O)cc(-n3ccc(C(F)(F)F)n3)nc2c1Cl. The number of nitrogens with zero attached hydrogens (tertiary/aromatic N) is 4. The highest BCUT2D eigenvalue weighted by Gasteiger charge is 2.60. The smallest absolute Gasteiger partial charge is 0.435 e. The molecule has 1 saturated carbocycles. The Bertz CT molecular complexity index is 1680. The number of halogens is 4. The number of aliphatic carboxylic acids is 1. The van der Waals surface area contributed by atoms with E-state index in [2.05, 4.69) is 20.7 Å². The molecule has 2 aliphatic rings. The van der Waals surface area contributed by atoms with Crippen molar-refractivity contribution < 1.29 is 42.1 Å². The Hall–Kier alpha value is -4.53. The van der Waals surface area contributed by atoms with Gasteiger partial charge in [-0.05, 0) is 43.9 Å². The summed E-state index contributed by atoms with van der Waals surface area (Å²) in [5.74, 6) is -1.84. The van der Waals surface area contributed by atoms with Crippen molar-refractivity contribution in [3.63, 3.8) is 0 Å². The zero-order valence-electron chi connectivity index (χ0n) is 24.9. The molecule has 5 rings (SSSR count). The van der Waals surface area contributed by atoms with E-state index in [0.29, 0.717) is 18.4 Å². The zero-order chi connectivity index (χ0) is 33.2. The Morgan fingerprint density at radius 1 is 1.22 bits per heavy atom. The van der Waals surface area contributed by atoms with E-state index in [1.165, 1.54) is 18.1 Å². The molecule has 1 fully saturated rings. The Kier molecular flexibility index (Phi) is 9.33. The van der Waals surface area contributed by atoms with E-state index in [9.17, 15) is 32.7 Å². The van der Waals surface area contributed by atoms with Gasteiger partial charge in [-0.15, -0.1) is 0 Å². The number of pyridine rings is 1. The topological polar surface area (TPSA) is 148 Å². The van der Waals surface area contributed by atoms with Crippen LogP contribution < -0.4 is 20.1 Å². The summed E-state index contributed by atoms with van der Waals surface area (Å²) in [6.07, 6.45) is 2.52. The summed E-state index contributed by atoms with van der Waals surface area (Å²) in [7, 11) is 3.00. The number of methoxy groups -OCH3 is 1. The summed E-state index contributed by atoms with van der Waals surface area (Å²) < 4.78 is 52.0. The number of urea groups is 1. The number of ether oxygens (including phenoxy) is 2. The Morgan fingerprint density at radius 2 is 2.00 bits per heavy atom. The molecular formula is C30H32ClF3N6O6. The van der Waals surface area contributed by atoms with Gasteiger partial charge >= 0.3 is 18.2 Å². The molecule has 0 spiro atoms. The second-order valence-electron chi connectivity index (χ2n) is 11.2. The monoisotopic (exact) mass is 664 g/mol. The van der Waals surface area contributed by atoms with E-state index in [-0.39, 0.29) is 53.2 Å². The summed E-state index contributed by atoms with van der Waals surface area (Å²) in [6, 6.07) is 3.67. The predicted molar refractivity (Wildman–Crippen MR) is 160 cm³/mol. The molecule has 3 atom stereocenters. The van der Waals surface area contributed by atoms with E-state index < -0.39 is 41.4 Å². The fraction of sp³-hybridized carbons (Fsp3) is 0.433. The van der Waals surface area contributed by atoms with Crippen LogP contribution in [0.2, 0.25) is 5.02 Å². The van der Waals surface area contributed by atoms with Gasteiger partial charge < -0.3 is 30.1 Å². The first kappa shape index (κ1) is 32.9. The molecule has 1 aliphatic carbocycles. The molecule has 0 saturated heterocycles. The number of carbonyl (C=O) groups excluding carboxylic acids is 2. The van der Waals surface area contributed by atoms with Gasteiger partial charge in [0.15, 0.2) is 11.5 Å². The van der Waals surface area contributed by atoms with Crippen molar-refractivity contribution in [2.75, 3.05) is 27.3 Å². The van der Waals surface area contributed by atoms with Gasteiger partial charge in [-0.3, -0.25) is 4.79 Å². The van der Waals surface area contributed by atoms with Crippen LogP contribution in [0.3, 0.4) is 0 Å². The number of hydrogen-bond acceptors (Lipinski definition) is 7. The van der Waals surface area contributed by atoms with Crippen molar-refractivity contribution in [2.45, 2.75) is 49.9 Å². The third kappa shape index (κ3) is 6.83. The minimum atomic E-state index is -4.68. The maximum atomic E-state index is 13.4. The molecule has 16 heteroatoms. The summed E-state index contributed by atoms with van der Waals surface area (Å²) in [5.41, 5.74) is -2.43. The van der Waals surface area contributed by atoms with E-state index in [1.807, 2.05) is 12.2 Å². The van der Waals surface area contributed by atoms with Crippen LogP contribution in [0.1, 0.15) is 37.8 Å². The second kappa shape index (κ2) is 13.1. The van der Waals surface area contributed by atoms with Crippen LogP contribution in [0.15, 0.2) is 42.6 Å². The molecule has 0 bridgehead atoms. The van der Waals surface area contributed by atoms with Gasteiger partial charge in [0.1, 0.15) is 28.1 Å². The minimum Gasteiger partial charge on any atom is -0.495 e. The van der Waals surface area contributed by atoms with Crippen LogP contribution in [-0.4, -0.2) is 81.6 Å². The lowest BCUT2D eigenvalue weighted by Crippen LogP contribution is -2.55. The lowest BCUT2D eigenvalue weighted by Gasteiger charge is -2.25. The zero-order valence-corrected chi connectivity index (χ0v) is 25.7. The van der Waals surface area contributed by atoms with Crippen molar-refractivity contribution in [3.8, 4) is 17.3 Å². The molecular weight excluding hydrogens is 633 g/mol. The first-order valence-electron chi connectivity index (χ1n) is 14.5. The summed E-state index contributed by atoms with van der Waals surface area (Å²) in [6.45, 7) is 0.285. The lowest BCUT2D eigenvalue weighted by molar-refractivity contribution is -0.143. The molecule has 12 nitrogen and oxygen atoms in total. The highest BCUT2D eigenvalue weighted by Crippen LogP contribution is 2.45. The molecule has 1 aliphatic heterocycles. The van der Waals surface area contributed by atoms with E-state index in [0.717, 1.165) is 29.8 Å². The number of amides is 3. The number of alkyl halides is 3. The van der Waals surface area contributed by atoms with Crippen LogP contribution in [0.4, 0.5) is 18.0 Å². The van der Waals surface area contributed by atoms with Gasteiger partial charge in [-0.2, -0.15) is 18.3 Å². The van der Waals surface area contributed by atoms with Crippen LogP contribution in [0.25, 0.3) is 16.7 Å². The van der Waals surface area contributed by atoms with Crippen molar-refractivity contribution in [1.29, 1.82) is 0 Å². The maximum absolute atomic E-state index is 13.4. The van der Waals surface area contributed by atoms with E-state index in [4.69, 9.17) is 21.1 Å². The molecule has 3 aromatic rings. The van der Waals surface area contributed by atoms with Gasteiger partial charge in [0.05, 0.1) is 19.2 Å². The van der Waals surface area contributed by atoms with Gasteiger partial charge in [-0.1, -0.05) is 23.8 Å². The highest BCUT2D eigenvalue weighted by molar-refractivity contribution is 6.36. The molecule has 3 heterocycles. The number of hydrogen-bond donors (Lipinski definition) is 3. The van der Waals surface area contributed by atoms with Gasteiger partial charge in [0.25, 0.3) is 0 Å². The number of carbonyl (C=O) groups is 3. The fourth-order valence-corrected chi connectivity index (χ4v) is 5.54. The standard InChI is InChI=1S/C30H32ClF3N6O6/c1-39-12-6-4-3-5-7-17-16-29(17,27(42)43)37-26(41)19(35-28(39)44)11-14-46-21-15-23(40-13-10-22(38-40)30(32,33)34)36-25-18(21)8-9-20(45-2)24(25)31/h5,7-10,13,15,17,19H,3-4,6,11-12,14,16H2,1-2H3,(H,35,44)(H,37,41)(H,42,43). The van der Waals surface area contributed by atoms with Crippen LogP contribution in [0, 0.1) is 5.92 Å². The quantitative estimate of drug-likeness (QED) is 0.311. The van der Waals surface area contributed by atoms with Crippen molar-refractivity contribution in [1.82, 2.24) is 30.3 Å². The first-order chi connectivity index (χ1) is 21.8. The Morgan fingerprint density at radius 3 is 2.70 bits per heavy atom. The number of nitrogens with one attached hydrogen (secondary N) is 2. The number of carboxylic acid groups (broad SMARTS) is 1. The fourth-order valence-electron chi connectivity index (χ4n) is 5.25. The van der Waals surface area contributed by atoms with Gasteiger partial charge in [0.2, 0.25) is 5.91 Å². The minimum absolute atomic E-state index is 0.0324. The van der Waals surface area contributed by atoms with Gasteiger partial charge in [-0.25, -0.2) is 19.3 Å². The van der Waals surface area contributed by atoms with Crippen LogP contribution in [-0.2, 0) is 15.8 Å². The number of benzene rings is 1. The molecule has 0 radical (unpaired) electrons. The number of fused-ring (bicyclic) bond motifs is 2. The molecule has 1 aromatic carbocycles. The van der Waals surface area contributed by atoms with E-state index in [1.54, 1.807) is 19.2 Å². The molecule has 46 heavy (non-hydrogen) atoms. The summed E-state index contributed by atoms with van der Waals surface area (Å²) in [5, 5.41) is 19.3. The molecule has 3 unspecified atom stereocenters. The molecule has 3 amide bonds. The van der Waals surface area contributed by atoms with Crippen molar-refractivity contribution in [2.24, 2.45) is 5.92 Å². The predicted octanol–water partition coefficient (Wildman–Crippen LogP) is 4.58. The maximum Gasteiger partial charge on any atom is 0.435 e. The van der Waals surface area contributed by atoms with Crippen LogP contribution in [0.5, 0.6) is 11.5 Å². The van der Waals surface area contributed by atoms with Crippen molar-refractivity contribution in [3.05, 3.63) is 53.3 Å². The number of rotatable bonds is 7. The molecule has 3 N–H and O–H groups in total. The van der Waals surface area contributed by atoms with E-state index >= 15 is 0 Å². The lowest BCUT2D eigenvalue weighted by atomic mass is 10.1. The Balaban J connectivity index is 1.42. The summed E-state index contributed by atoms with van der Waals surface area (Å²) >= 11 is 6.51. The number of aromatic nitrogens is 3. The largest absolute Gasteiger partial charge is 0.495 e. The van der Waals surface area contributed by atoms with Crippen molar-refractivity contribution >= 4 is 40.4 Å². The number of carboxylic acids is 1. The number of allylic oxidation sites excluding steroid dienone is 1. The highest BCUT2D eigenvalue weighted by atomic mass is 35.5. The third-order valence-corrected chi connectivity index (χ3v) is 8.38. The molecule has 246 valence electrons. The average molecular weight is 665 g/mol. The summed E-state index contributed by atoms with van der Waals surface area (Å²) in [4.78, 5) is 44.4. The van der Waals surface area contributed by atoms with Crippen LogP contribution >= 0.6 is 11.6 Å². The second-order valence-corrected chi connectivity index (χ2v) is 11.5.